The van der Waals surface area contributed by atoms with Gasteiger partial charge in [-0.3, -0.25) is 4.79 Å². The Morgan fingerprint density at radius 3 is 3.06 bits per heavy atom. The molecule has 1 fully saturated rings. The number of amides is 1. The van der Waals surface area contributed by atoms with Crippen LogP contribution in [0.4, 0.5) is 0 Å². The number of benzene rings is 1. The fraction of sp³-hybridized carbons (Fsp3) is 0.417. The average molecular weight is 382 g/mol. The van der Waals surface area contributed by atoms with Gasteiger partial charge in [-0.2, -0.15) is 11.8 Å². The first kappa shape index (κ1) is 13.5. The maximum absolute atomic E-state index is 12.1. The lowest BCUT2D eigenvalue weighted by atomic mass is 10.1. The summed E-state index contributed by atoms with van der Waals surface area (Å²) in [5, 5.41) is 3.69. The lowest BCUT2D eigenvalue weighted by Gasteiger charge is -2.22. The number of hydrogen-bond acceptors (Lipinski definition) is 2. The van der Waals surface area contributed by atoms with Gasteiger partial charge in [0.05, 0.1) is 5.56 Å². The third-order valence-corrected chi connectivity index (χ3v) is 5.06. The van der Waals surface area contributed by atoms with Gasteiger partial charge in [-0.15, -0.1) is 0 Å². The number of carbonyl (C=O) groups is 1. The first-order valence-electron chi connectivity index (χ1n) is 5.50. The second-order valence-electron chi connectivity index (χ2n) is 4.01. The molecule has 1 heterocycles. The van der Waals surface area contributed by atoms with Crippen LogP contribution in [0.1, 0.15) is 23.2 Å². The normalized spacial score (nSPS) is 20.0. The van der Waals surface area contributed by atoms with E-state index in [2.05, 4.69) is 27.9 Å². The summed E-state index contributed by atoms with van der Waals surface area (Å²) in [4.78, 5) is 12.1. The van der Waals surface area contributed by atoms with Gasteiger partial charge < -0.3 is 5.32 Å². The van der Waals surface area contributed by atoms with Crippen LogP contribution in [0, 0.1) is 3.57 Å². The first-order valence-corrected chi connectivity index (χ1v) is 8.11. The number of rotatable bonds is 2. The van der Waals surface area contributed by atoms with Crippen LogP contribution in [0.25, 0.3) is 0 Å². The summed E-state index contributed by atoms with van der Waals surface area (Å²) in [7, 11) is 0. The highest BCUT2D eigenvalue weighted by atomic mass is 127. The van der Waals surface area contributed by atoms with E-state index in [-0.39, 0.29) is 5.91 Å². The molecule has 0 spiro atoms. The van der Waals surface area contributed by atoms with Gasteiger partial charge in [0.25, 0.3) is 5.91 Å². The van der Waals surface area contributed by atoms with Crippen molar-refractivity contribution in [2.75, 3.05) is 11.5 Å². The summed E-state index contributed by atoms with van der Waals surface area (Å²) in [5.41, 5.74) is 0.675. The monoisotopic (exact) mass is 381 g/mol. The predicted molar refractivity (Wildman–Crippen MR) is 82.0 cm³/mol. The third-order valence-electron chi connectivity index (χ3n) is 2.67. The van der Waals surface area contributed by atoms with Crippen LogP contribution in [0.15, 0.2) is 18.2 Å². The Morgan fingerprint density at radius 1 is 1.53 bits per heavy atom. The quantitative estimate of drug-likeness (QED) is 0.794. The molecule has 1 atom stereocenters. The second kappa shape index (κ2) is 6.29. The molecule has 1 unspecified atom stereocenters. The molecule has 0 aromatic heterocycles. The van der Waals surface area contributed by atoms with Crippen molar-refractivity contribution in [3.05, 3.63) is 32.4 Å². The summed E-state index contributed by atoms with van der Waals surface area (Å²) in [6.07, 6.45) is 2.26. The molecule has 17 heavy (non-hydrogen) atoms. The Kier molecular flexibility index (Phi) is 4.99. The van der Waals surface area contributed by atoms with Crippen molar-refractivity contribution in [1.29, 1.82) is 0 Å². The van der Waals surface area contributed by atoms with Gasteiger partial charge in [-0.05, 0) is 59.4 Å². The summed E-state index contributed by atoms with van der Waals surface area (Å²) in [6.45, 7) is 0. The molecule has 0 aliphatic carbocycles. The molecule has 1 saturated heterocycles. The van der Waals surface area contributed by atoms with E-state index < -0.39 is 0 Å². The molecule has 92 valence electrons. The minimum Gasteiger partial charge on any atom is -0.348 e. The van der Waals surface area contributed by atoms with E-state index in [0.29, 0.717) is 16.6 Å². The lowest BCUT2D eigenvalue weighted by molar-refractivity contribution is 0.0937. The Bertz CT molecular complexity index is 421. The smallest absolute Gasteiger partial charge is 0.252 e. The third kappa shape index (κ3) is 3.76. The second-order valence-corrected chi connectivity index (χ2v) is 6.76. The predicted octanol–water partition coefficient (Wildman–Crippen LogP) is 3.57. The van der Waals surface area contributed by atoms with E-state index >= 15 is 0 Å². The highest BCUT2D eigenvalue weighted by Crippen LogP contribution is 2.20. The molecule has 1 N–H and O–H groups in total. The molecule has 0 bridgehead atoms. The molecule has 2 rings (SSSR count). The number of nitrogens with one attached hydrogen (secondary N) is 1. The molecule has 1 aromatic rings. The Balaban J connectivity index is 2.05. The molecule has 5 heteroatoms. The van der Waals surface area contributed by atoms with E-state index in [1.54, 1.807) is 12.1 Å². The standard InChI is InChI=1S/C12H13ClINOS/c13-8-3-4-11(14)10(6-8)12(16)15-9-2-1-5-17-7-9/h3-4,6,9H,1-2,5,7H2,(H,15,16). The van der Waals surface area contributed by atoms with Crippen molar-refractivity contribution in [2.24, 2.45) is 0 Å². The SMILES string of the molecule is O=C(NC1CCCSC1)c1cc(Cl)ccc1I. The Morgan fingerprint density at radius 2 is 2.35 bits per heavy atom. The van der Waals surface area contributed by atoms with Crippen LogP contribution in [-0.2, 0) is 0 Å². The van der Waals surface area contributed by atoms with E-state index in [0.717, 1.165) is 15.7 Å². The zero-order chi connectivity index (χ0) is 12.3. The topological polar surface area (TPSA) is 29.1 Å². The maximum Gasteiger partial charge on any atom is 0.252 e. The average Bonchev–Trinajstić information content (AvgIpc) is 2.33. The number of carbonyl (C=O) groups excluding carboxylic acids is 1. The molecule has 2 nitrogen and oxygen atoms in total. The summed E-state index contributed by atoms with van der Waals surface area (Å²) >= 11 is 9.98. The van der Waals surface area contributed by atoms with Crippen LogP contribution in [0.5, 0.6) is 0 Å². The summed E-state index contributed by atoms with van der Waals surface area (Å²) in [6, 6.07) is 5.70. The van der Waals surface area contributed by atoms with Crippen molar-refractivity contribution in [3.8, 4) is 0 Å². The molecule has 1 aliphatic heterocycles. The summed E-state index contributed by atoms with van der Waals surface area (Å²) < 4.78 is 0.938. The largest absolute Gasteiger partial charge is 0.348 e. The van der Waals surface area contributed by atoms with Gasteiger partial charge in [0.15, 0.2) is 0 Å². The van der Waals surface area contributed by atoms with Crippen LogP contribution in [-0.4, -0.2) is 23.5 Å². The number of thioether (sulfide) groups is 1. The van der Waals surface area contributed by atoms with Gasteiger partial charge >= 0.3 is 0 Å². The van der Waals surface area contributed by atoms with Gasteiger partial charge in [0.1, 0.15) is 0 Å². The summed E-state index contributed by atoms with van der Waals surface area (Å²) in [5.74, 6) is 2.22. The molecule has 0 saturated carbocycles. The van der Waals surface area contributed by atoms with Crippen LogP contribution in [0.2, 0.25) is 5.02 Å². The number of halogens is 2. The molecule has 1 aromatic carbocycles. The minimum absolute atomic E-state index is 0.00981. The van der Waals surface area contributed by atoms with Crippen LogP contribution >= 0.6 is 46.0 Å². The Labute approximate surface area is 124 Å². The van der Waals surface area contributed by atoms with E-state index in [9.17, 15) is 4.79 Å². The van der Waals surface area contributed by atoms with Gasteiger partial charge in [-0.1, -0.05) is 11.6 Å². The van der Waals surface area contributed by atoms with E-state index in [1.807, 2.05) is 17.8 Å². The Hall–Kier alpha value is 0.0600. The van der Waals surface area contributed by atoms with E-state index in [4.69, 9.17) is 11.6 Å². The molecular weight excluding hydrogens is 369 g/mol. The first-order chi connectivity index (χ1) is 8.16. The fourth-order valence-corrected chi connectivity index (χ4v) is 3.61. The minimum atomic E-state index is -0.00981. The zero-order valence-corrected chi connectivity index (χ0v) is 12.9. The lowest BCUT2D eigenvalue weighted by Crippen LogP contribution is -2.38. The van der Waals surface area contributed by atoms with Gasteiger partial charge in [0.2, 0.25) is 0 Å². The molecule has 0 radical (unpaired) electrons. The van der Waals surface area contributed by atoms with Crippen molar-refractivity contribution in [1.82, 2.24) is 5.32 Å². The molecular formula is C12H13ClINOS. The van der Waals surface area contributed by atoms with Crippen molar-refractivity contribution < 1.29 is 4.79 Å². The van der Waals surface area contributed by atoms with Crippen molar-refractivity contribution >= 4 is 51.9 Å². The molecule has 1 amide bonds. The van der Waals surface area contributed by atoms with Gasteiger partial charge in [0, 0.05) is 20.4 Å². The fourth-order valence-electron chi connectivity index (χ4n) is 1.79. The van der Waals surface area contributed by atoms with Crippen molar-refractivity contribution in [3.63, 3.8) is 0 Å². The van der Waals surface area contributed by atoms with E-state index in [1.165, 1.54) is 12.2 Å². The molecule has 1 aliphatic rings. The highest BCUT2D eigenvalue weighted by molar-refractivity contribution is 14.1. The highest BCUT2D eigenvalue weighted by Gasteiger charge is 2.18. The maximum atomic E-state index is 12.1. The zero-order valence-electron chi connectivity index (χ0n) is 9.21. The van der Waals surface area contributed by atoms with Crippen LogP contribution < -0.4 is 5.32 Å². The van der Waals surface area contributed by atoms with Crippen LogP contribution in [0.3, 0.4) is 0 Å². The van der Waals surface area contributed by atoms with Crippen molar-refractivity contribution in [2.45, 2.75) is 18.9 Å². The van der Waals surface area contributed by atoms with Gasteiger partial charge in [-0.25, -0.2) is 0 Å². The number of hydrogen-bond donors (Lipinski definition) is 1.